The number of carboxylic acid groups (broad SMARTS) is 1. The second-order valence-corrected chi connectivity index (χ2v) is 4.86. The molecule has 0 saturated heterocycles. The molecule has 0 spiro atoms. The summed E-state index contributed by atoms with van der Waals surface area (Å²) in [4.78, 5) is 33.8. The highest BCUT2D eigenvalue weighted by Crippen LogP contribution is 2.34. The zero-order valence-electron chi connectivity index (χ0n) is 10.8. The summed E-state index contributed by atoms with van der Waals surface area (Å²) in [5, 5.41) is 11.5. The molecule has 0 aliphatic heterocycles. The summed E-state index contributed by atoms with van der Waals surface area (Å²) >= 11 is 0. The van der Waals surface area contributed by atoms with E-state index in [1.807, 2.05) is 24.3 Å². The van der Waals surface area contributed by atoms with E-state index in [0.29, 0.717) is 6.42 Å². The Morgan fingerprint density at radius 2 is 2.05 bits per heavy atom. The largest absolute Gasteiger partial charge is 0.480 e. The average molecular weight is 276 g/mol. The molecule has 0 aromatic heterocycles. The van der Waals surface area contributed by atoms with Crippen molar-refractivity contribution < 1.29 is 19.5 Å². The minimum atomic E-state index is -1.16. The van der Waals surface area contributed by atoms with Gasteiger partial charge in [0, 0.05) is 6.42 Å². The van der Waals surface area contributed by atoms with E-state index in [1.165, 1.54) is 0 Å². The highest BCUT2D eigenvalue weighted by molar-refractivity contribution is 5.90. The van der Waals surface area contributed by atoms with E-state index in [1.54, 1.807) is 0 Å². The molecule has 20 heavy (non-hydrogen) atoms. The SMILES string of the molecule is NC(=O)CCC(NC(=O)C1Cc2ccccc21)C(=O)O. The third-order valence-electron chi connectivity index (χ3n) is 3.47. The van der Waals surface area contributed by atoms with Crippen LogP contribution in [0.3, 0.4) is 0 Å². The second kappa shape index (κ2) is 5.73. The molecule has 4 N–H and O–H groups in total. The summed E-state index contributed by atoms with van der Waals surface area (Å²) in [5.74, 6) is -2.37. The van der Waals surface area contributed by atoms with Crippen LogP contribution in [0.25, 0.3) is 0 Å². The van der Waals surface area contributed by atoms with Crippen molar-refractivity contribution in [2.45, 2.75) is 31.2 Å². The zero-order chi connectivity index (χ0) is 14.7. The van der Waals surface area contributed by atoms with Gasteiger partial charge in [-0.25, -0.2) is 4.79 Å². The third kappa shape index (κ3) is 2.96. The Bertz CT molecular complexity index is 556. The Hall–Kier alpha value is -2.37. The van der Waals surface area contributed by atoms with Gasteiger partial charge in [0.15, 0.2) is 0 Å². The van der Waals surface area contributed by atoms with Crippen molar-refractivity contribution in [2.75, 3.05) is 0 Å². The van der Waals surface area contributed by atoms with Gasteiger partial charge in [-0.15, -0.1) is 0 Å². The summed E-state index contributed by atoms with van der Waals surface area (Å²) in [5.41, 5.74) is 7.03. The fourth-order valence-electron chi connectivity index (χ4n) is 2.31. The molecule has 1 aromatic rings. The smallest absolute Gasteiger partial charge is 0.326 e. The number of carboxylic acids is 1. The molecule has 0 bridgehead atoms. The number of fused-ring (bicyclic) bond motifs is 1. The molecule has 6 nitrogen and oxygen atoms in total. The van der Waals surface area contributed by atoms with Crippen molar-refractivity contribution in [3.8, 4) is 0 Å². The molecule has 2 rings (SSSR count). The zero-order valence-corrected chi connectivity index (χ0v) is 10.8. The first kappa shape index (κ1) is 14.0. The summed E-state index contributed by atoms with van der Waals surface area (Å²) < 4.78 is 0. The monoisotopic (exact) mass is 276 g/mol. The third-order valence-corrected chi connectivity index (χ3v) is 3.47. The van der Waals surface area contributed by atoms with E-state index >= 15 is 0 Å². The van der Waals surface area contributed by atoms with E-state index in [-0.39, 0.29) is 24.7 Å². The summed E-state index contributed by atoms with van der Waals surface area (Å²) in [6.07, 6.45) is 0.549. The van der Waals surface area contributed by atoms with Crippen molar-refractivity contribution in [2.24, 2.45) is 5.73 Å². The molecular formula is C14H16N2O4. The lowest BCUT2D eigenvalue weighted by molar-refractivity contribution is -0.142. The van der Waals surface area contributed by atoms with Crippen molar-refractivity contribution in [3.05, 3.63) is 35.4 Å². The Labute approximate surface area is 116 Å². The average Bonchev–Trinajstić information content (AvgIpc) is 2.35. The Morgan fingerprint density at radius 3 is 2.65 bits per heavy atom. The number of rotatable bonds is 6. The van der Waals surface area contributed by atoms with Crippen LogP contribution in [0.4, 0.5) is 0 Å². The number of carbonyl (C=O) groups excluding carboxylic acids is 2. The van der Waals surface area contributed by atoms with Gasteiger partial charge in [0.25, 0.3) is 0 Å². The predicted octanol–water partition coefficient (Wildman–Crippen LogP) is 0.161. The molecule has 0 saturated carbocycles. The lowest BCUT2D eigenvalue weighted by Gasteiger charge is -2.30. The molecule has 1 aliphatic carbocycles. The van der Waals surface area contributed by atoms with Crippen LogP contribution in [-0.4, -0.2) is 28.9 Å². The van der Waals surface area contributed by atoms with Gasteiger partial charge in [0.1, 0.15) is 6.04 Å². The van der Waals surface area contributed by atoms with E-state index < -0.39 is 17.9 Å². The molecule has 6 heteroatoms. The fourth-order valence-corrected chi connectivity index (χ4v) is 2.31. The van der Waals surface area contributed by atoms with Gasteiger partial charge in [-0.05, 0) is 24.0 Å². The summed E-state index contributed by atoms with van der Waals surface area (Å²) in [6.45, 7) is 0. The minimum Gasteiger partial charge on any atom is -0.480 e. The first-order chi connectivity index (χ1) is 9.49. The second-order valence-electron chi connectivity index (χ2n) is 4.86. The molecule has 0 heterocycles. The van der Waals surface area contributed by atoms with Crippen molar-refractivity contribution in [1.29, 1.82) is 0 Å². The number of carbonyl (C=O) groups is 3. The van der Waals surface area contributed by atoms with Crippen molar-refractivity contribution >= 4 is 17.8 Å². The van der Waals surface area contributed by atoms with Gasteiger partial charge in [-0.2, -0.15) is 0 Å². The van der Waals surface area contributed by atoms with Gasteiger partial charge in [-0.1, -0.05) is 24.3 Å². The number of amides is 2. The van der Waals surface area contributed by atoms with Crippen LogP contribution in [0.5, 0.6) is 0 Å². The van der Waals surface area contributed by atoms with Gasteiger partial charge >= 0.3 is 5.97 Å². The van der Waals surface area contributed by atoms with Crippen LogP contribution >= 0.6 is 0 Å². The number of hydrogen-bond acceptors (Lipinski definition) is 3. The molecular weight excluding hydrogens is 260 g/mol. The van der Waals surface area contributed by atoms with Crippen LogP contribution in [-0.2, 0) is 20.8 Å². The number of hydrogen-bond donors (Lipinski definition) is 3. The van der Waals surface area contributed by atoms with Crippen LogP contribution in [0.15, 0.2) is 24.3 Å². The molecule has 0 radical (unpaired) electrons. The van der Waals surface area contributed by atoms with E-state index in [9.17, 15) is 14.4 Å². The molecule has 1 aromatic carbocycles. The maximum Gasteiger partial charge on any atom is 0.326 e. The molecule has 0 fully saturated rings. The molecule has 2 atom stereocenters. The minimum absolute atomic E-state index is 0.00474. The Morgan fingerprint density at radius 1 is 1.35 bits per heavy atom. The quantitative estimate of drug-likeness (QED) is 0.687. The normalized spacial score (nSPS) is 17.5. The number of primary amides is 1. The lowest BCUT2D eigenvalue weighted by atomic mass is 9.77. The van der Waals surface area contributed by atoms with E-state index in [0.717, 1.165) is 11.1 Å². The lowest BCUT2D eigenvalue weighted by Crippen LogP contribution is -2.45. The van der Waals surface area contributed by atoms with Crippen molar-refractivity contribution in [1.82, 2.24) is 5.32 Å². The highest BCUT2D eigenvalue weighted by Gasteiger charge is 2.33. The molecule has 2 amide bonds. The number of nitrogens with one attached hydrogen (secondary N) is 1. The van der Waals surface area contributed by atoms with Gasteiger partial charge < -0.3 is 16.2 Å². The first-order valence-electron chi connectivity index (χ1n) is 6.38. The maximum absolute atomic E-state index is 12.1. The van der Waals surface area contributed by atoms with Crippen molar-refractivity contribution in [3.63, 3.8) is 0 Å². The van der Waals surface area contributed by atoms with Crippen LogP contribution < -0.4 is 11.1 Å². The van der Waals surface area contributed by atoms with Gasteiger partial charge in [-0.3, -0.25) is 9.59 Å². The number of aliphatic carboxylic acids is 1. The molecule has 2 unspecified atom stereocenters. The fraction of sp³-hybridized carbons (Fsp3) is 0.357. The van der Waals surface area contributed by atoms with Gasteiger partial charge in [0.05, 0.1) is 5.92 Å². The van der Waals surface area contributed by atoms with Crippen LogP contribution in [0, 0.1) is 0 Å². The standard InChI is InChI=1S/C14H16N2O4/c15-12(17)6-5-11(14(19)20)16-13(18)10-7-8-3-1-2-4-9(8)10/h1-4,10-11H,5-7H2,(H2,15,17)(H,16,18)(H,19,20). The van der Waals surface area contributed by atoms with Gasteiger partial charge in [0.2, 0.25) is 11.8 Å². The topological polar surface area (TPSA) is 109 Å². The van der Waals surface area contributed by atoms with E-state index in [4.69, 9.17) is 10.8 Å². The maximum atomic E-state index is 12.1. The van der Waals surface area contributed by atoms with Crippen LogP contribution in [0.1, 0.15) is 29.9 Å². The summed E-state index contributed by atoms with van der Waals surface area (Å²) in [7, 11) is 0. The Balaban J connectivity index is 1.96. The van der Waals surface area contributed by atoms with Crippen LogP contribution in [0.2, 0.25) is 0 Å². The number of benzene rings is 1. The highest BCUT2D eigenvalue weighted by atomic mass is 16.4. The Kier molecular flexibility index (Phi) is 4.02. The number of nitrogens with two attached hydrogens (primary N) is 1. The molecule has 106 valence electrons. The summed E-state index contributed by atoms with van der Waals surface area (Å²) in [6, 6.07) is 6.48. The molecule has 1 aliphatic rings. The first-order valence-corrected chi connectivity index (χ1v) is 6.38. The van der Waals surface area contributed by atoms with E-state index in [2.05, 4.69) is 5.32 Å². The predicted molar refractivity (Wildman–Crippen MR) is 70.9 cm³/mol.